The number of nitrogens with one attached hydrogen (secondary N) is 2. The highest BCUT2D eigenvalue weighted by Gasteiger charge is 2.24. The Bertz CT molecular complexity index is 1410. The van der Waals surface area contributed by atoms with E-state index in [2.05, 4.69) is 36.3 Å². The third-order valence-corrected chi connectivity index (χ3v) is 6.98. The number of likely N-dealkylation sites (tertiary alicyclic amines) is 1. The van der Waals surface area contributed by atoms with E-state index >= 15 is 0 Å². The number of halogens is 1. The molecule has 204 valence electrons. The molecule has 0 amide bonds. The number of piperidine rings is 1. The minimum Gasteiger partial charge on any atom is -0.490 e. The normalized spacial score (nSPS) is 15.4. The van der Waals surface area contributed by atoms with Gasteiger partial charge in [-0.1, -0.05) is 0 Å². The molecule has 4 aromatic rings. The molecule has 1 aromatic carbocycles. The van der Waals surface area contributed by atoms with Gasteiger partial charge in [-0.2, -0.15) is 10.4 Å². The van der Waals surface area contributed by atoms with Gasteiger partial charge >= 0.3 is 0 Å². The smallest absolute Gasteiger partial charge is 0.141 e. The van der Waals surface area contributed by atoms with Crippen LogP contribution in [0.2, 0.25) is 0 Å². The molecule has 1 atom stereocenters. The van der Waals surface area contributed by atoms with Gasteiger partial charge in [0.1, 0.15) is 29.6 Å². The minimum absolute atomic E-state index is 0.0181. The topological polar surface area (TPSA) is 117 Å². The Morgan fingerprint density at radius 1 is 1.26 bits per heavy atom. The molecule has 39 heavy (non-hydrogen) atoms. The number of benzene rings is 1. The maximum Gasteiger partial charge on any atom is 0.141 e. The molecule has 11 heteroatoms. The molecule has 3 aromatic heterocycles. The highest BCUT2D eigenvalue weighted by molar-refractivity contribution is 5.89. The average Bonchev–Trinajstić information content (AvgIpc) is 3.62. The van der Waals surface area contributed by atoms with Crippen LogP contribution in [0.15, 0.2) is 49.2 Å². The predicted octanol–water partition coefficient (Wildman–Crippen LogP) is 3.69. The first-order valence-electron chi connectivity index (χ1n) is 13.2. The molecule has 1 saturated heterocycles. The van der Waals surface area contributed by atoms with Crippen LogP contribution in [0.25, 0.3) is 22.3 Å². The van der Waals surface area contributed by atoms with E-state index in [4.69, 9.17) is 9.47 Å². The van der Waals surface area contributed by atoms with Crippen LogP contribution in [0.3, 0.4) is 0 Å². The van der Waals surface area contributed by atoms with Crippen LogP contribution in [-0.2, 0) is 11.3 Å². The number of nitriles is 1. The number of hydrogen-bond acceptors (Lipinski definition) is 8. The lowest BCUT2D eigenvalue weighted by molar-refractivity contribution is 0.0908. The molecule has 0 bridgehead atoms. The van der Waals surface area contributed by atoms with Crippen molar-refractivity contribution in [1.29, 1.82) is 5.26 Å². The van der Waals surface area contributed by atoms with Gasteiger partial charge in [0, 0.05) is 69.2 Å². The Balaban J connectivity index is 1.17. The summed E-state index contributed by atoms with van der Waals surface area (Å²) in [6.45, 7) is 4.23. The molecule has 2 N–H and O–H groups in total. The zero-order valence-electron chi connectivity index (χ0n) is 22.0. The molecule has 0 spiro atoms. The number of nitrogens with zero attached hydrogens (tertiary/aromatic N) is 6. The average molecular weight is 533 g/mol. The van der Waals surface area contributed by atoms with Crippen molar-refractivity contribution in [2.45, 2.75) is 38.0 Å². The number of ether oxygens (including phenoxy) is 2. The summed E-state index contributed by atoms with van der Waals surface area (Å²) >= 11 is 0. The number of aromatic amines is 1. The van der Waals surface area contributed by atoms with Crippen LogP contribution in [0.4, 0.5) is 4.39 Å². The molecule has 4 heterocycles. The van der Waals surface area contributed by atoms with Gasteiger partial charge in [0.25, 0.3) is 0 Å². The Morgan fingerprint density at radius 2 is 2.13 bits per heavy atom. The lowest BCUT2D eigenvalue weighted by Crippen LogP contribution is -2.41. The first-order valence-corrected chi connectivity index (χ1v) is 13.2. The number of methoxy groups -OCH3 is 1. The zero-order valence-corrected chi connectivity index (χ0v) is 22.0. The van der Waals surface area contributed by atoms with Crippen LogP contribution >= 0.6 is 0 Å². The maximum atomic E-state index is 14.2. The molecular formula is C28H33FN8O2. The number of fused-ring (bicyclic) bond motifs is 1. The van der Waals surface area contributed by atoms with E-state index in [0.717, 1.165) is 53.8 Å². The van der Waals surface area contributed by atoms with E-state index in [9.17, 15) is 9.65 Å². The van der Waals surface area contributed by atoms with Crippen molar-refractivity contribution in [3.63, 3.8) is 0 Å². The zero-order chi connectivity index (χ0) is 27.0. The first kappa shape index (κ1) is 26.7. The molecule has 1 aliphatic heterocycles. The Hall–Kier alpha value is -3.85. The van der Waals surface area contributed by atoms with E-state index in [1.165, 1.54) is 18.5 Å². The summed E-state index contributed by atoms with van der Waals surface area (Å²) in [5.74, 6) is 0.260. The summed E-state index contributed by atoms with van der Waals surface area (Å²) in [7, 11) is 1.65. The van der Waals surface area contributed by atoms with Gasteiger partial charge in [-0.3, -0.25) is 4.68 Å². The lowest BCUT2D eigenvalue weighted by Gasteiger charge is -2.34. The molecule has 0 radical (unpaired) electrons. The summed E-state index contributed by atoms with van der Waals surface area (Å²) in [6, 6.07) is 9.05. The van der Waals surface area contributed by atoms with Gasteiger partial charge in [0.2, 0.25) is 0 Å². The minimum atomic E-state index is -0.300. The Labute approximate surface area is 226 Å². The number of hydrogen-bond donors (Lipinski definition) is 2. The molecule has 0 aliphatic carbocycles. The summed E-state index contributed by atoms with van der Waals surface area (Å²) < 4.78 is 27.3. The fraction of sp³-hybridized carbons (Fsp3) is 0.429. The summed E-state index contributed by atoms with van der Waals surface area (Å²) in [4.78, 5) is 14.2. The second kappa shape index (κ2) is 12.8. The van der Waals surface area contributed by atoms with Crippen LogP contribution < -0.4 is 10.1 Å². The van der Waals surface area contributed by atoms with Crippen LogP contribution in [0.5, 0.6) is 5.75 Å². The second-order valence-corrected chi connectivity index (χ2v) is 9.77. The van der Waals surface area contributed by atoms with Crippen LogP contribution in [0, 0.1) is 17.1 Å². The molecule has 1 aliphatic rings. The van der Waals surface area contributed by atoms with Gasteiger partial charge < -0.3 is 24.7 Å². The quantitative estimate of drug-likeness (QED) is 0.265. The van der Waals surface area contributed by atoms with Gasteiger partial charge in [-0.15, -0.1) is 0 Å². The standard InChI is InChI=1S/C28H33FN8O2/c1-38-11-8-31-15-20-12-22(29)14-25(13-20)39-24-4-9-36(10-5-24)18-23(2-6-30)37-17-21(16-35-37)27-26-3-7-32-28(26)34-19-33-27/h3,7,12-14,16-17,19,23-24,31H,2,4-5,8-11,15,18H2,1H3,(H,32,33,34). The van der Waals surface area contributed by atoms with Gasteiger partial charge in [0.05, 0.1) is 37.0 Å². The van der Waals surface area contributed by atoms with Crippen molar-refractivity contribution in [2.75, 3.05) is 39.9 Å². The van der Waals surface area contributed by atoms with E-state index in [0.29, 0.717) is 38.4 Å². The van der Waals surface area contributed by atoms with E-state index in [-0.39, 0.29) is 18.0 Å². The fourth-order valence-corrected chi connectivity index (χ4v) is 5.01. The molecule has 1 unspecified atom stereocenters. The second-order valence-electron chi connectivity index (χ2n) is 9.77. The largest absolute Gasteiger partial charge is 0.490 e. The van der Waals surface area contributed by atoms with Crippen LogP contribution in [0.1, 0.15) is 30.9 Å². The van der Waals surface area contributed by atoms with Crippen molar-refractivity contribution in [3.8, 4) is 23.1 Å². The predicted molar refractivity (Wildman–Crippen MR) is 144 cm³/mol. The van der Waals surface area contributed by atoms with E-state index < -0.39 is 0 Å². The highest BCUT2D eigenvalue weighted by atomic mass is 19.1. The molecule has 5 rings (SSSR count). The van der Waals surface area contributed by atoms with Crippen molar-refractivity contribution < 1.29 is 13.9 Å². The molecule has 0 saturated carbocycles. The van der Waals surface area contributed by atoms with Gasteiger partial charge in [-0.05, 0) is 36.6 Å². The number of H-pyrrole nitrogens is 1. The van der Waals surface area contributed by atoms with Gasteiger partial charge in [0.15, 0.2) is 0 Å². The van der Waals surface area contributed by atoms with Crippen molar-refractivity contribution in [2.24, 2.45) is 0 Å². The maximum absolute atomic E-state index is 14.2. The summed E-state index contributed by atoms with van der Waals surface area (Å²) in [6.07, 6.45) is 9.15. The van der Waals surface area contributed by atoms with Crippen molar-refractivity contribution >= 4 is 11.0 Å². The monoisotopic (exact) mass is 532 g/mol. The SMILES string of the molecule is COCCNCc1cc(F)cc(OC2CCN(CC(CC#N)n3cc(-c4ncnc5[nH]ccc45)cn3)CC2)c1. The van der Waals surface area contributed by atoms with E-state index in [1.54, 1.807) is 13.3 Å². The van der Waals surface area contributed by atoms with Crippen molar-refractivity contribution in [1.82, 2.24) is 34.9 Å². The third-order valence-electron chi connectivity index (χ3n) is 6.98. The first-order chi connectivity index (χ1) is 19.1. The van der Waals surface area contributed by atoms with E-state index in [1.807, 2.05) is 29.2 Å². The summed E-state index contributed by atoms with van der Waals surface area (Å²) in [5, 5.41) is 18.3. The highest BCUT2D eigenvalue weighted by Crippen LogP contribution is 2.27. The Kier molecular flexibility index (Phi) is 8.78. The van der Waals surface area contributed by atoms with Crippen LogP contribution in [-0.4, -0.2) is 75.6 Å². The lowest BCUT2D eigenvalue weighted by atomic mass is 10.1. The number of aromatic nitrogens is 5. The molecule has 1 fully saturated rings. The third kappa shape index (κ3) is 6.78. The summed E-state index contributed by atoms with van der Waals surface area (Å²) in [5.41, 5.74) is 3.32. The molecular weight excluding hydrogens is 499 g/mol. The van der Waals surface area contributed by atoms with Gasteiger partial charge in [-0.25, -0.2) is 14.4 Å². The Morgan fingerprint density at radius 3 is 2.95 bits per heavy atom. The molecule has 10 nitrogen and oxygen atoms in total. The van der Waals surface area contributed by atoms with Crippen molar-refractivity contribution in [3.05, 3.63) is 60.6 Å². The number of rotatable bonds is 12. The fourth-order valence-electron chi connectivity index (χ4n) is 5.01.